The van der Waals surface area contributed by atoms with E-state index in [0.29, 0.717) is 11.3 Å². The van der Waals surface area contributed by atoms with Crippen LogP contribution in [0.25, 0.3) is 0 Å². The molecule has 0 bridgehead atoms. The molecule has 2 rings (SSSR count). The van der Waals surface area contributed by atoms with Crippen molar-refractivity contribution in [2.45, 2.75) is 17.7 Å². The van der Waals surface area contributed by atoms with Crippen LogP contribution in [0.3, 0.4) is 0 Å². The van der Waals surface area contributed by atoms with Gasteiger partial charge in [-0.3, -0.25) is 4.98 Å². The average molecular weight is 309 g/mol. The number of nitrogens with zero attached hydrogens (tertiary/aromatic N) is 1. The molecule has 0 aliphatic heterocycles. The quantitative estimate of drug-likeness (QED) is 0.879. The van der Waals surface area contributed by atoms with E-state index in [4.69, 9.17) is 0 Å². The maximum atomic E-state index is 13.8. The molecule has 0 saturated carbocycles. The van der Waals surface area contributed by atoms with Gasteiger partial charge in [0.1, 0.15) is 0 Å². The number of aromatic nitrogens is 1. The molecule has 0 saturated heterocycles. The summed E-state index contributed by atoms with van der Waals surface area (Å²) in [6, 6.07) is 4.18. The SMILES string of the molecule is OC(c1ccncc1)(c1cccs1)C(F)(F)C(F)(F)F. The van der Waals surface area contributed by atoms with Crippen molar-refractivity contribution in [3.8, 4) is 0 Å². The minimum absolute atomic E-state index is 0.494. The highest BCUT2D eigenvalue weighted by atomic mass is 32.1. The Labute approximate surface area is 114 Å². The highest BCUT2D eigenvalue weighted by Gasteiger charge is 2.71. The molecule has 0 aliphatic carbocycles. The van der Waals surface area contributed by atoms with Crippen LogP contribution in [0.2, 0.25) is 0 Å². The fraction of sp³-hybridized carbons (Fsp3) is 0.250. The second kappa shape index (κ2) is 4.78. The third kappa shape index (κ3) is 2.08. The van der Waals surface area contributed by atoms with Gasteiger partial charge in [0.05, 0.1) is 0 Å². The van der Waals surface area contributed by atoms with Gasteiger partial charge in [0, 0.05) is 17.3 Å². The van der Waals surface area contributed by atoms with Gasteiger partial charge in [-0.2, -0.15) is 22.0 Å². The molecule has 0 fully saturated rings. The van der Waals surface area contributed by atoms with Gasteiger partial charge in [-0.15, -0.1) is 11.3 Å². The van der Waals surface area contributed by atoms with E-state index in [-0.39, 0.29) is 0 Å². The number of halogens is 5. The Bertz CT molecular complexity index is 569. The van der Waals surface area contributed by atoms with E-state index in [2.05, 4.69) is 4.98 Å². The normalized spacial score (nSPS) is 15.9. The smallest absolute Gasteiger partial charge is 0.374 e. The van der Waals surface area contributed by atoms with E-state index >= 15 is 0 Å². The summed E-state index contributed by atoms with van der Waals surface area (Å²) in [5, 5.41) is 11.5. The first-order valence-electron chi connectivity index (χ1n) is 5.32. The van der Waals surface area contributed by atoms with E-state index in [1.54, 1.807) is 0 Å². The van der Waals surface area contributed by atoms with Crippen molar-refractivity contribution in [3.63, 3.8) is 0 Å². The van der Waals surface area contributed by atoms with Gasteiger partial charge < -0.3 is 5.11 Å². The van der Waals surface area contributed by atoms with Crippen molar-refractivity contribution < 1.29 is 27.1 Å². The van der Waals surface area contributed by atoms with Crippen molar-refractivity contribution >= 4 is 11.3 Å². The number of hydrogen-bond donors (Lipinski definition) is 1. The van der Waals surface area contributed by atoms with Crippen LogP contribution < -0.4 is 0 Å². The largest absolute Gasteiger partial charge is 0.457 e. The van der Waals surface area contributed by atoms with Crippen LogP contribution in [0.15, 0.2) is 42.0 Å². The predicted octanol–water partition coefficient (Wildman–Crippen LogP) is 3.58. The summed E-state index contributed by atoms with van der Waals surface area (Å²) in [7, 11) is 0. The van der Waals surface area contributed by atoms with Crippen LogP contribution in [-0.2, 0) is 5.60 Å². The molecular formula is C12H8F5NOS. The molecule has 0 amide bonds. The Hall–Kier alpha value is -1.54. The van der Waals surface area contributed by atoms with Crippen LogP contribution in [-0.4, -0.2) is 22.2 Å². The summed E-state index contributed by atoms with van der Waals surface area (Å²) in [6.07, 6.45) is -3.81. The molecule has 20 heavy (non-hydrogen) atoms. The molecule has 2 aromatic heterocycles. The van der Waals surface area contributed by atoms with Crippen LogP contribution >= 0.6 is 11.3 Å². The Morgan fingerprint density at radius 3 is 2.05 bits per heavy atom. The third-order valence-electron chi connectivity index (χ3n) is 2.79. The highest BCUT2D eigenvalue weighted by Crippen LogP contribution is 2.52. The van der Waals surface area contributed by atoms with Gasteiger partial charge in [0.25, 0.3) is 0 Å². The molecular weight excluding hydrogens is 301 g/mol. The second-order valence-corrected chi connectivity index (χ2v) is 4.94. The van der Waals surface area contributed by atoms with Crippen molar-refractivity contribution in [2.75, 3.05) is 0 Å². The number of rotatable bonds is 3. The molecule has 2 heterocycles. The summed E-state index contributed by atoms with van der Waals surface area (Å²) in [5.41, 5.74) is -4.06. The van der Waals surface area contributed by atoms with Crippen LogP contribution in [0, 0.1) is 0 Å². The van der Waals surface area contributed by atoms with E-state index < -0.39 is 28.1 Å². The first-order valence-corrected chi connectivity index (χ1v) is 6.20. The molecule has 0 aromatic carbocycles. The Morgan fingerprint density at radius 1 is 1.00 bits per heavy atom. The lowest BCUT2D eigenvalue weighted by atomic mass is 9.86. The lowest BCUT2D eigenvalue weighted by Crippen LogP contribution is -2.55. The Balaban J connectivity index is 2.69. The first kappa shape index (κ1) is 14.9. The fourth-order valence-electron chi connectivity index (χ4n) is 1.76. The number of pyridine rings is 1. The summed E-state index contributed by atoms with van der Waals surface area (Å²) in [6.45, 7) is 0. The number of alkyl halides is 5. The van der Waals surface area contributed by atoms with E-state index in [1.807, 2.05) is 0 Å². The topological polar surface area (TPSA) is 33.1 Å². The van der Waals surface area contributed by atoms with Crippen LogP contribution in [0.1, 0.15) is 10.4 Å². The molecule has 0 spiro atoms. The van der Waals surface area contributed by atoms with Gasteiger partial charge in [-0.05, 0) is 29.1 Å². The van der Waals surface area contributed by atoms with E-state index in [9.17, 15) is 27.1 Å². The molecule has 0 aliphatic rings. The van der Waals surface area contributed by atoms with Crippen molar-refractivity contribution in [3.05, 3.63) is 52.5 Å². The zero-order chi connectivity index (χ0) is 15.0. The van der Waals surface area contributed by atoms with Gasteiger partial charge in [0.15, 0.2) is 5.60 Å². The average Bonchev–Trinajstić information content (AvgIpc) is 2.91. The number of hydrogen-bond acceptors (Lipinski definition) is 3. The van der Waals surface area contributed by atoms with Crippen LogP contribution in [0.4, 0.5) is 22.0 Å². The highest BCUT2D eigenvalue weighted by molar-refractivity contribution is 7.10. The maximum Gasteiger partial charge on any atom is 0.457 e. The Morgan fingerprint density at radius 2 is 1.60 bits per heavy atom. The molecule has 1 N–H and O–H groups in total. The van der Waals surface area contributed by atoms with E-state index in [1.165, 1.54) is 11.4 Å². The maximum absolute atomic E-state index is 13.8. The zero-order valence-corrected chi connectivity index (χ0v) is 10.6. The van der Waals surface area contributed by atoms with E-state index in [0.717, 1.165) is 30.6 Å². The van der Waals surface area contributed by atoms with Gasteiger partial charge >= 0.3 is 12.1 Å². The summed E-state index contributed by atoms with van der Waals surface area (Å²) < 4.78 is 65.7. The van der Waals surface area contributed by atoms with Crippen molar-refractivity contribution in [1.82, 2.24) is 4.98 Å². The second-order valence-electron chi connectivity index (χ2n) is 4.00. The minimum Gasteiger partial charge on any atom is -0.374 e. The third-order valence-corrected chi connectivity index (χ3v) is 3.76. The first-order chi connectivity index (χ1) is 9.21. The standard InChI is InChI=1S/C12H8F5NOS/c13-11(14,12(15,16)17)10(19,9-2-1-7-20-9)8-3-5-18-6-4-8/h1-7,19H. The summed E-state index contributed by atoms with van der Waals surface area (Å²) >= 11 is 0.617. The molecule has 8 heteroatoms. The van der Waals surface area contributed by atoms with Crippen molar-refractivity contribution in [2.24, 2.45) is 0 Å². The Kier molecular flexibility index (Phi) is 3.55. The monoisotopic (exact) mass is 309 g/mol. The molecule has 2 aromatic rings. The zero-order valence-electron chi connectivity index (χ0n) is 9.73. The summed E-state index contributed by atoms with van der Waals surface area (Å²) in [5.74, 6) is -5.34. The molecule has 1 unspecified atom stereocenters. The molecule has 1 atom stereocenters. The molecule has 2 nitrogen and oxygen atoms in total. The predicted molar refractivity (Wildman–Crippen MR) is 62.6 cm³/mol. The van der Waals surface area contributed by atoms with Crippen LogP contribution in [0.5, 0.6) is 0 Å². The van der Waals surface area contributed by atoms with Crippen molar-refractivity contribution in [1.29, 1.82) is 0 Å². The molecule has 0 radical (unpaired) electrons. The number of thiophene rings is 1. The van der Waals surface area contributed by atoms with Gasteiger partial charge in [-0.25, -0.2) is 0 Å². The van der Waals surface area contributed by atoms with Gasteiger partial charge in [0.2, 0.25) is 0 Å². The fourth-order valence-corrected chi connectivity index (χ4v) is 2.64. The van der Waals surface area contributed by atoms with Gasteiger partial charge in [-0.1, -0.05) is 6.07 Å². The molecule has 108 valence electrons. The number of aliphatic hydroxyl groups is 1. The lowest BCUT2D eigenvalue weighted by Gasteiger charge is -2.36. The minimum atomic E-state index is -5.89. The summed E-state index contributed by atoms with van der Waals surface area (Å²) in [4.78, 5) is 3.06. The lowest BCUT2D eigenvalue weighted by molar-refractivity contribution is -0.335.